The van der Waals surface area contributed by atoms with Crippen LogP contribution in [0.3, 0.4) is 0 Å². The van der Waals surface area contributed by atoms with Gasteiger partial charge in [-0.1, -0.05) is 19.3 Å². The van der Waals surface area contributed by atoms with Gasteiger partial charge in [-0.15, -0.1) is 0 Å². The van der Waals surface area contributed by atoms with Crippen molar-refractivity contribution < 1.29 is 4.74 Å². The molecule has 0 radical (unpaired) electrons. The number of aliphatic imine (C=N–C) groups is 1. The number of ether oxygens (including phenoxy) is 1. The van der Waals surface area contributed by atoms with Gasteiger partial charge < -0.3 is 15.4 Å². The van der Waals surface area contributed by atoms with E-state index in [1.807, 2.05) is 4.68 Å². The second-order valence-corrected chi connectivity index (χ2v) is 9.45. The molecule has 2 atom stereocenters. The summed E-state index contributed by atoms with van der Waals surface area (Å²) in [6.07, 6.45) is 11.7. The van der Waals surface area contributed by atoms with Crippen molar-refractivity contribution >= 4 is 5.96 Å². The Morgan fingerprint density at radius 2 is 2.03 bits per heavy atom. The lowest BCUT2D eigenvalue weighted by Crippen LogP contribution is -2.47. The molecule has 3 aliphatic rings. The second kappa shape index (κ2) is 11.3. The maximum Gasteiger partial charge on any atom is 0.191 e. The van der Waals surface area contributed by atoms with Gasteiger partial charge in [0, 0.05) is 38.7 Å². The van der Waals surface area contributed by atoms with Crippen LogP contribution in [0, 0.1) is 5.92 Å². The first kappa shape index (κ1) is 22.5. The van der Waals surface area contributed by atoms with Crippen LogP contribution in [0.25, 0.3) is 0 Å². The zero-order valence-corrected chi connectivity index (χ0v) is 19.5. The number of nitrogens with zero attached hydrogens (tertiary/aromatic N) is 5. The smallest absolute Gasteiger partial charge is 0.191 e. The van der Waals surface area contributed by atoms with Crippen molar-refractivity contribution in [2.75, 3.05) is 33.3 Å². The van der Waals surface area contributed by atoms with Crippen LogP contribution in [0.5, 0.6) is 0 Å². The summed E-state index contributed by atoms with van der Waals surface area (Å²) in [5.74, 6) is 3.69. The van der Waals surface area contributed by atoms with Crippen LogP contribution in [0.2, 0.25) is 0 Å². The predicted octanol–water partition coefficient (Wildman–Crippen LogP) is 2.34. The minimum atomic E-state index is 0.323. The zero-order chi connectivity index (χ0) is 21.5. The summed E-state index contributed by atoms with van der Waals surface area (Å²) in [5, 5.41) is 11.7. The second-order valence-electron chi connectivity index (χ2n) is 9.45. The highest BCUT2D eigenvalue weighted by Gasteiger charge is 2.28. The number of fused-ring (bicyclic) bond motifs is 1. The minimum Gasteiger partial charge on any atom is -0.377 e. The van der Waals surface area contributed by atoms with Crippen molar-refractivity contribution in [3.8, 4) is 0 Å². The molecule has 1 saturated carbocycles. The summed E-state index contributed by atoms with van der Waals surface area (Å²) < 4.78 is 7.21. The molecule has 8 nitrogen and oxygen atoms in total. The Balaban J connectivity index is 1.31. The van der Waals surface area contributed by atoms with Crippen LogP contribution in [0.1, 0.15) is 69.9 Å². The van der Waals surface area contributed by atoms with Crippen molar-refractivity contribution in [3.05, 3.63) is 11.6 Å². The van der Waals surface area contributed by atoms with Crippen molar-refractivity contribution in [2.45, 2.75) is 89.9 Å². The van der Waals surface area contributed by atoms with Crippen LogP contribution in [0.4, 0.5) is 0 Å². The van der Waals surface area contributed by atoms with E-state index in [-0.39, 0.29) is 0 Å². The van der Waals surface area contributed by atoms with E-state index in [0.717, 1.165) is 56.0 Å². The van der Waals surface area contributed by atoms with Gasteiger partial charge in [0.15, 0.2) is 11.8 Å². The molecular formula is C23H41N7O. The quantitative estimate of drug-likeness (QED) is 0.486. The van der Waals surface area contributed by atoms with Crippen molar-refractivity contribution in [2.24, 2.45) is 10.9 Å². The summed E-state index contributed by atoms with van der Waals surface area (Å²) in [6.45, 7) is 7.74. The van der Waals surface area contributed by atoms with E-state index in [1.165, 1.54) is 58.0 Å². The average Bonchev–Trinajstić information content (AvgIpc) is 3.39. The van der Waals surface area contributed by atoms with E-state index in [1.54, 1.807) is 7.11 Å². The van der Waals surface area contributed by atoms with E-state index in [9.17, 15) is 0 Å². The Hall–Kier alpha value is -1.67. The molecule has 0 aromatic carbocycles. The summed E-state index contributed by atoms with van der Waals surface area (Å²) >= 11 is 0. The maximum atomic E-state index is 5.18. The molecule has 0 spiro atoms. The fraction of sp³-hybridized carbons (Fsp3) is 0.870. The van der Waals surface area contributed by atoms with E-state index < -0.39 is 0 Å². The summed E-state index contributed by atoms with van der Waals surface area (Å²) in [6, 6.07) is 0.923. The number of aryl methyl sites for hydroxylation is 1. The minimum absolute atomic E-state index is 0.323. The molecule has 1 saturated heterocycles. The number of likely N-dealkylation sites (tertiary alicyclic amines) is 1. The van der Waals surface area contributed by atoms with Crippen molar-refractivity contribution in [3.63, 3.8) is 0 Å². The molecular weight excluding hydrogens is 390 g/mol. The van der Waals surface area contributed by atoms with Crippen LogP contribution >= 0.6 is 0 Å². The third-order valence-corrected chi connectivity index (χ3v) is 7.04. The highest BCUT2D eigenvalue weighted by molar-refractivity contribution is 5.80. The molecule has 3 heterocycles. The SMILES string of the molecule is CCNC(=NCC1CCCN1CC1CCCCC1)NC1CCc2nc(COC)nn2C1. The fourth-order valence-electron chi connectivity index (χ4n) is 5.42. The Morgan fingerprint density at radius 1 is 1.16 bits per heavy atom. The molecule has 0 bridgehead atoms. The number of methoxy groups -OCH3 is 1. The van der Waals surface area contributed by atoms with Gasteiger partial charge in [-0.25, -0.2) is 9.67 Å². The highest BCUT2D eigenvalue weighted by Crippen LogP contribution is 2.27. The molecule has 2 aliphatic heterocycles. The average molecular weight is 432 g/mol. The molecule has 31 heavy (non-hydrogen) atoms. The Kier molecular flexibility index (Phi) is 8.19. The van der Waals surface area contributed by atoms with Gasteiger partial charge in [-0.3, -0.25) is 9.89 Å². The van der Waals surface area contributed by atoms with Gasteiger partial charge in [0.05, 0.1) is 13.1 Å². The van der Waals surface area contributed by atoms with Crippen LogP contribution in [-0.2, 0) is 24.3 Å². The first-order valence-electron chi connectivity index (χ1n) is 12.5. The van der Waals surface area contributed by atoms with Crippen LogP contribution < -0.4 is 10.6 Å². The lowest BCUT2D eigenvalue weighted by molar-refractivity contribution is 0.177. The molecule has 2 fully saturated rings. The molecule has 4 rings (SSSR count). The number of aromatic nitrogens is 3. The molecule has 1 aliphatic carbocycles. The van der Waals surface area contributed by atoms with Gasteiger partial charge in [-0.05, 0) is 51.5 Å². The summed E-state index contributed by atoms with van der Waals surface area (Å²) in [4.78, 5) is 12.3. The highest BCUT2D eigenvalue weighted by atomic mass is 16.5. The third-order valence-electron chi connectivity index (χ3n) is 7.04. The zero-order valence-electron chi connectivity index (χ0n) is 19.5. The van der Waals surface area contributed by atoms with Gasteiger partial charge >= 0.3 is 0 Å². The normalized spacial score (nSPS) is 25.5. The summed E-state index contributed by atoms with van der Waals surface area (Å²) in [5.41, 5.74) is 0. The molecule has 0 amide bonds. The number of guanidine groups is 1. The third kappa shape index (κ3) is 6.19. The van der Waals surface area contributed by atoms with E-state index in [2.05, 4.69) is 32.5 Å². The van der Waals surface area contributed by atoms with Crippen LogP contribution in [0.15, 0.2) is 4.99 Å². The predicted molar refractivity (Wildman–Crippen MR) is 123 cm³/mol. The fourth-order valence-corrected chi connectivity index (χ4v) is 5.42. The summed E-state index contributed by atoms with van der Waals surface area (Å²) in [7, 11) is 1.68. The molecule has 174 valence electrons. The molecule has 2 unspecified atom stereocenters. The van der Waals surface area contributed by atoms with Gasteiger partial charge in [0.1, 0.15) is 12.4 Å². The Bertz CT molecular complexity index is 713. The van der Waals surface area contributed by atoms with Crippen molar-refractivity contribution in [1.82, 2.24) is 30.3 Å². The van der Waals surface area contributed by atoms with Gasteiger partial charge in [0.25, 0.3) is 0 Å². The number of rotatable bonds is 8. The number of hydrogen-bond acceptors (Lipinski definition) is 5. The van der Waals surface area contributed by atoms with E-state index in [0.29, 0.717) is 18.7 Å². The Labute approximate surface area is 187 Å². The molecule has 2 N–H and O–H groups in total. The molecule has 1 aromatic heterocycles. The number of hydrogen-bond donors (Lipinski definition) is 2. The first-order chi connectivity index (χ1) is 15.2. The van der Waals surface area contributed by atoms with Crippen LogP contribution in [-0.4, -0.2) is 71.0 Å². The lowest BCUT2D eigenvalue weighted by atomic mass is 9.89. The maximum absolute atomic E-state index is 5.18. The monoisotopic (exact) mass is 431 g/mol. The van der Waals surface area contributed by atoms with Gasteiger partial charge in [0.2, 0.25) is 0 Å². The van der Waals surface area contributed by atoms with E-state index in [4.69, 9.17) is 9.73 Å². The largest absolute Gasteiger partial charge is 0.377 e. The topological polar surface area (TPSA) is 79.6 Å². The van der Waals surface area contributed by atoms with Crippen molar-refractivity contribution in [1.29, 1.82) is 0 Å². The standard InChI is InChI=1S/C23H41N7O/c1-3-24-23(26-19-11-12-22-27-21(17-31-2)28-30(22)16-19)25-14-20-10-7-13-29(20)15-18-8-5-4-6-9-18/h18-20H,3-17H2,1-2H3,(H2,24,25,26). The number of nitrogens with one attached hydrogen (secondary N) is 2. The molecule has 1 aromatic rings. The Morgan fingerprint density at radius 3 is 2.84 bits per heavy atom. The first-order valence-corrected chi connectivity index (χ1v) is 12.5. The molecule has 8 heteroatoms. The van der Waals surface area contributed by atoms with E-state index >= 15 is 0 Å². The lowest BCUT2D eigenvalue weighted by Gasteiger charge is -2.30. The van der Waals surface area contributed by atoms with Gasteiger partial charge in [-0.2, -0.15) is 5.10 Å².